The van der Waals surface area contributed by atoms with E-state index in [1.165, 1.54) is 32.9 Å². The first kappa shape index (κ1) is 12.5. The average Bonchev–Trinajstić information content (AvgIpc) is 2.83. The molecule has 1 N–H and O–H groups in total. The minimum atomic E-state index is -3.51. The monoisotopic (exact) mass is 268 g/mol. The second-order valence-electron chi connectivity index (χ2n) is 3.66. The molecule has 18 heavy (non-hydrogen) atoms. The van der Waals surface area contributed by atoms with Gasteiger partial charge >= 0.3 is 10.2 Å². The first-order chi connectivity index (χ1) is 8.49. The molecule has 9 heteroatoms. The predicted molar refractivity (Wildman–Crippen MR) is 65.4 cm³/mol. The van der Waals surface area contributed by atoms with Gasteiger partial charge in [0.25, 0.3) is 0 Å². The highest BCUT2D eigenvalue weighted by Crippen LogP contribution is 2.11. The van der Waals surface area contributed by atoms with E-state index in [4.69, 9.17) is 0 Å². The van der Waals surface area contributed by atoms with Gasteiger partial charge in [-0.05, 0) is 12.1 Å². The third-order valence-electron chi connectivity index (χ3n) is 2.16. The van der Waals surface area contributed by atoms with Gasteiger partial charge in [0.1, 0.15) is 18.5 Å². The standard InChI is InChI=1S/C9H12N6O2S/c1-14(2)18(16,17)13-8-3-4-9(10-5-8)15-6-11-12-7-15/h3-7,13H,1-2H3. The molecule has 0 aliphatic rings. The molecule has 0 fully saturated rings. The van der Waals surface area contributed by atoms with Gasteiger partial charge in [-0.2, -0.15) is 12.7 Å². The number of nitrogens with zero attached hydrogens (tertiary/aromatic N) is 5. The zero-order valence-electron chi connectivity index (χ0n) is 9.85. The third-order valence-corrected chi connectivity index (χ3v) is 3.61. The number of rotatable bonds is 4. The maximum atomic E-state index is 11.6. The van der Waals surface area contributed by atoms with Crippen LogP contribution in [0.2, 0.25) is 0 Å². The summed E-state index contributed by atoms with van der Waals surface area (Å²) in [6.07, 6.45) is 4.44. The first-order valence-corrected chi connectivity index (χ1v) is 6.44. The van der Waals surface area contributed by atoms with Crippen LogP contribution in [0.15, 0.2) is 31.0 Å². The minimum Gasteiger partial charge on any atom is -0.272 e. The number of anilines is 1. The Labute approximate surface area is 104 Å². The average molecular weight is 268 g/mol. The van der Waals surface area contributed by atoms with Crippen molar-refractivity contribution in [3.63, 3.8) is 0 Å². The maximum absolute atomic E-state index is 11.6. The Hall–Kier alpha value is -2.00. The van der Waals surface area contributed by atoms with Crippen molar-refractivity contribution in [2.75, 3.05) is 18.8 Å². The first-order valence-electron chi connectivity index (χ1n) is 5.00. The molecule has 0 amide bonds. The van der Waals surface area contributed by atoms with E-state index < -0.39 is 10.2 Å². The van der Waals surface area contributed by atoms with Crippen LogP contribution in [0.4, 0.5) is 5.69 Å². The fourth-order valence-corrected chi connectivity index (χ4v) is 1.76. The Morgan fingerprint density at radius 2 is 1.89 bits per heavy atom. The van der Waals surface area contributed by atoms with Gasteiger partial charge < -0.3 is 0 Å². The van der Waals surface area contributed by atoms with E-state index in [-0.39, 0.29) is 0 Å². The summed E-state index contributed by atoms with van der Waals surface area (Å²) in [6, 6.07) is 3.28. The molecule has 96 valence electrons. The largest absolute Gasteiger partial charge is 0.301 e. The Balaban J connectivity index is 2.19. The van der Waals surface area contributed by atoms with E-state index in [2.05, 4.69) is 19.9 Å². The third kappa shape index (κ3) is 2.63. The van der Waals surface area contributed by atoms with Crippen molar-refractivity contribution >= 4 is 15.9 Å². The van der Waals surface area contributed by atoms with Gasteiger partial charge in [0.05, 0.1) is 11.9 Å². The van der Waals surface area contributed by atoms with Crippen molar-refractivity contribution in [3.8, 4) is 5.82 Å². The van der Waals surface area contributed by atoms with Gasteiger partial charge in [-0.15, -0.1) is 10.2 Å². The zero-order chi connectivity index (χ0) is 13.2. The molecule has 2 aromatic rings. The van der Waals surface area contributed by atoms with Crippen molar-refractivity contribution < 1.29 is 8.42 Å². The summed E-state index contributed by atoms with van der Waals surface area (Å²) in [4.78, 5) is 4.10. The molecule has 0 bridgehead atoms. The highest BCUT2D eigenvalue weighted by Gasteiger charge is 2.12. The van der Waals surface area contributed by atoms with Crippen LogP contribution in [-0.2, 0) is 10.2 Å². The SMILES string of the molecule is CN(C)S(=O)(=O)Nc1ccc(-n2cnnc2)nc1. The van der Waals surface area contributed by atoms with Crippen molar-refractivity contribution in [2.24, 2.45) is 0 Å². The van der Waals surface area contributed by atoms with Gasteiger partial charge in [0, 0.05) is 14.1 Å². The van der Waals surface area contributed by atoms with Crippen molar-refractivity contribution in [2.45, 2.75) is 0 Å². The summed E-state index contributed by atoms with van der Waals surface area (Å²) in [5.41, 5.74) is 0.389. The van der Waals surface area contributed by atoms with Crippen LogP contribution in [0.1, 0.15) is 0 Å². The lowest BCUT2D eigenvalue weighted by atomic mass is 10.4. The Bertz CT molecular complexity index is 605. The van der Waals surface area contributed by atoms with E-state index in [9.17, 15) is 8.42 Å². The molecule has 2 heterocycles. The van der Waals surface area contributed by atoms with Crippen LogP contribution in [-0.4, -0.2) is 46.6 Å². The Morgan fingerprint density at radius 1 is 1.22 bits per heavy atom. The molecule has 0 unspecified atom stereocenters. The molecule has 0 saturated carbocycles. The molecule has 0 aliphatic carbocycles. The Kier molecular flexibility index (Phi) is 3.26. The van der Waals surface area contributed by atoms with Crippen LogP contribution >= 0.6 is 0 Å². The number of nitrogens with one attached hydrogen (secondary N) is 1. The Morgan fingerprint density at radius 3 is 2.39 bits per heavy atom. The number of aromatic nitrogens is 4. The van der Waals surface area contributed by atoms with E-state index >= 15 is 0 Å². The summed E-state index contributed by atoms with van der Waals surface area (Å²) in [5, 5.41) is 7.32. The highest BCUT2D eigenvalue weighted by atomic mass is 32.2. The number of pyridine rings is 1. The van der Waals surface area contributed by atoms with Crippen molar-refractivity contribution in [3.05, 3.63) is 31.0 Å². The summed E-state index contributed by atoms with van der Waals surface area (Å²) in [7, 11) is -0.615. The fraction of sp³-hybridized carbons (Fsp3) is 0.222. The summed E-state index contributed by atoms with van der Waals surface area (Å²) in [6.45, 7) is 0. The summed E-state index contributed by atoms with van der Waals surface area (Å²) < 4.78 is 28.2. The van der Waals surface area contributed by atoms with Gasteiger partial charge in [-0.25, -0.2) is 4.98 Å². The summed E-state index contributed by atoms with van der Waals surface area (Å²) in [5.74, 6) is 0.604. The van der Waals surface area contributed by atoms with Crippen LogP contribution in [0, 0.1) is 0 Å². The molecule has 2 aromatic heterocycles. The minimum absolute atomic E-state index is 0.389. The lowest BCUT2D eigenvalue weighted by molar-refractivity contribution is 0.527. The normalized spacial score (nSPS) is 11.7. The van der Waals surface area contributed by atoms with Crippen molar-refractivity contribution in [1.82, 2.24) is 24.1 Å². The van der Waals surface area contributed by atoms with Crippen LogP contribution in [0.25, 0.3) is 5.82 Å². The molecular weight excluding hydrogens is 256 g/mol. The van der Waals surface area contributed by atoms with E-state index in [1.807, 2.05) is 0 Å². The van der Waals surface area contributed by atoms with E-state index in [0.717, 1.165) is 4.31 Å². The van der Waals surface area contributed by atoms with E-state index in [0.29, 0.717) is 11.5 Å². The summed E-state index contributed by atoms with van der Waals surface area (Å²) >= 11 is 0. The molecule has 0 atom stereocenters. The molecule has 0 aromatic carbocycles. The quantitative estimate of drug-likeness (QED) is 0.834. The molecule has 0 radical (unpaired) electrons. The maximum Gasteiger partial charge on any atom is 0.301 e. The second kappa shape index (κ2) is 4.70. The fourth-order valence-electron chi connectivity index (χ4n) is 1.16. The molecule has 0 saturated heterocycles. The molecule has 8 nitrogen and oxygen atoms in total. The predicted octanol–water partition coefficient (Wildman–Crippen LogP) is -0.119. The van der Waals surface area contributed by atoms with Crippen LogP contribution in [0.3, 0.4) is 0 Å². The number of hydrogen-bond acceptors (Lipinski definition) is 5. The van der Waals surface area contributed by atoms with Crippen LogP contribution in [0.5, 0.6) is 0 Å². The van der Waals surface area contributed by atoms with Gasteiger partial charge in [0.2, 0.25) is 0 Å². The topological polar surface area (TPSA) is 93.0 Å². The zero-order valence-corrected chi connectivity index (χ0v) is 10.7. The lowest BCUT2D eigenvalue weighted by Crippen LogP contribution is -2.28. The number of hydrogen-bond donors (Lipinski definition) is 1. The van der Waals surface area contributed by atoms with E-state index in [1.54, 1.807) is 16.7 Å². The second-order valence-corrected chi connectivity index (χ2v) is 5.55. The lowest BCUT2D eigenvalue weighted by Gasteiger charge is -2.13. The van der Waals surface area contributed by atoms with Crippen LogP contribution < -0.4 is 4.72 Å². The molecule has 0 spiro atoms. The van der Waals surface area contributed by atoms with Crippen molar-refractivity contribution in [1.29, 1.82) is 0 Å². The van der Waals surface area contributed by atoms with Gasteiger partial charge in [0.15, 0.2) is 0 Å². The van der Waals surface area contributed by atoms with Gasteiger partial charge in [-0.3, -0.25) is 9.29 Å². The molecule has 0 aliphatic heterocycles. The molecule has 2 rings (SSSR count). The highest BCUT2D eigenvalue weighted by molar-refractivity contribution is 7.90. The van der Waals surface area contributed by atoms with Gasteiger partial charge in [-0.1, -0.05) is 0 Å². The molecular formula is C9H12N6O2S. The smallest absolute Gasteiger partial charge is 0.272 e.